The Balaban J connectivity index is 4.00. The quantitative estimate of drug-likeness (QED) is 0.166. The summed E-state index contributed by atoms with van der Waals surface area (Å²) < 4.78 is 15.6. The van der Waals surface area contributed by atoms with Gasteiger partial charge >= 0.3 is 0 Å². The molecule has 0 saturated carbocycles. The molecule has 0 unspecified atom stereocenters. The molecule has 15 nitrogen and oxygen atoms in total. The second-order valence-corrected chi connectivity index (χ2v) is 15.0. The lowest BCUT2D eigenvalue weighted by Crippen LogP contribution is -2.44. The Morgan fingerprint density at radius 3 is 0.567 bits per heavy atom. The average molecular weight is 489 g/mol. The van der Waals surface area contributed by atoms with Crippen LogP contribution in [0.25, 0.3) is 0 Å². The fourth-order valence-corrected chi connectivity index (χ4v) is 13.9. The van der Waals surface area contributed by atoms with Crippen molar-refractivity contribution in [3.63, 3.8) is 0 Å². The number of hydrogen-bond donors (Lipinski definition) is 6. The van der Waals surface area contributed by atoms with Crippen LogP contribution in [0.1, 0.15) is 0 Å². The Labute approximate surface area is 182 Å². The van der Waals surface area contributed by atoms with E-state index in [0.29, 0.717) is 0 Å². The first-order valence-corrected chi connectivity index (χ1v) is 14.3. The molecule has 0 atom stereocenters. The van der Waals surface area contributed by atoms with Crippen LogP contribution in [-0.4, -0.2) is 115 Å². The monoisotopic (exact) mass is 489 g/mol. The highest BCUT2D eigenvalue weighted by Crippen LogP contribution is 2.71. The van der Waals surface area contributed by atoms with E-state index in [9.17, 15) is 0 Å². The van der Waals surface area contributed by atoms with E-state index in [1.54, 1.807) is 0 Å². The topological polar surface area (TPSA) is 129 Å². The summed E-state index contributed by atoms with van der Waals surface area (Å²) in [7, 11) is 14.9. The normalized spacial score (nSPS) is 20.2. The van der Waals surface area contributed by atoms with Gasteiger partial charge in [0.2, 0.25) is 22.5 Å². The summed E-state index contributed by atoms with van der Waals surface area (Å²) in [6.07, 6.45) is 0. The van der Waals surface area contributed by atoms with Gasteiger partial charge in [0.15, 0.2) is 0 Å². The Morgan fingerprint density at radius 1 is 0.333 bits per heavy atom. The summed E-state index contributed by atoms with van der Waals surface area (Å²) in [5, 5.41) is 31.9. The van der Waals surface area contributed by atoms with Crippen molar-refractivity contribution in [2.45, 2.75) is 0 Å². The minimum absolute atomic E-state index is 1.86. The highest BCUT2D eigenvalue weighted by Gasteiger charge is 2.39. The molecule has 1 aliphatic rings. The van der Waals surface area contributed by atoms with E-state index >= 15 is 0 Å². The van der Waals surface area contributed by atoms with Crippen molar-refractivity contribution in [2.75, 3.05) is 84.6 Å². The molecule has 0 saturated heterocycles. The van der Waals surface area contributed by atoms with Crippen LogP contribution in [0, 0.1) is 0 Å². The predicted octanol–water partition coefficient (Wildman–Crippen LogP) is 0.236. The van der Waals surface area contributed by atoms with Gasteiger partial charge in [0.05, 0.1) is 0 Å². The Kier molecular flexibility index (Phi) is 10.7. The van der Waals surface area contributed by atoms with E-state index in [-0.39, 0.29) is 0 Å². The molecule has 0 bridgehead atoms. The van der Waals surface area contributed by atoms with Gasteiger partial charge in [-0.2, -0.15) is 44.7 Å². The van der Waals surface area contributed by atoms with Gasteiger partial charge in [-0.15, -0.1) is 0 Å². The zero-order chi connectivity index (χ0) is 23.3. The lowest BCUT2D eigenvalue weighted by Gasteiger charge is -2.41. The van der Waals surface area contributed by atoms with Crippen LogP contribution in [0.2, 0.25) is 0 Å². The van der Waals surface area contributed by atoms with Crippen LogP contribution in [0.15, 0.2) is 13.5 Å². The van der Waals surface area contributed by atoms with E-state index in [1.165, 1.54) is 0 Å². The lowest BCUT2D eigenvalue weighted by molar-refractivity contribution is 0.331. The lowest BCUT2D eigenvalue weighted by atomic mass is 11.2. The van der Waals surface area contributed by atoms with Crippen LogP contribution in [-0.2, 0) is 0 Å². The van der Waals surface area contributed by atoms with E-state index < -0.39 is 22.5 Å². The number of nitrogens with one attached hydrogen (secondary N) is 6. The first kappa shape index (κ1) is 28.2. The van der Waals surface area contributed by atoms with Gasteiger partial charge in [-0.1, -0.05) is 0 Å². The average Bonchev–Trinajstić information content (AvgIpc) is 2.39. The van der Waals surface area contributed by atoms with Crippen LogP contribution < -0.4 is 31.2 Å². The van der Waals surface area contributed by atoms with Crippen LogP contribution in [0.5, 0.6) is 0 Å². The highest BCUT2D eigenvalue weighted by atomic mass is 31.3. The molecule has 18 heteroatoms. The zero-order valence-corrected chi connectivity index (χ0v) is 23.0. The van der Waals surface area contributed by atoms with Crippen molar-refractivity contribution in [3.8, 4) is 0 Å². The standard InChI is InChI=1S/C12H42N15P3/c1-22(2)13-28(14-23(3)4)19-29(15-24(5)6,16-25(7)8)21-30(20-28,17-26(9)10)18-27(11)12/h13-18H,1-12H3. The minimum atomic E-state index is -2.72. The van der Waals surface area contributed by atoms with Crippen molar-refractivity contribution in [2.24, 2.45) is 13.5 Å². The van der Waals surface area contributed by atoms with Crippen LogP contribution in [0.3, 0.4) is 0 Å². The molecule has 1 rings (SSSR count). The summed E-state index contributed by atoms with van der Waals surface area (Å²) in [6.45, 7) is 0. The maximum atomic E-state index is 5.20. The largest absolute Gasteiger partial charge is 0.243 e. The summed E-state index contributed by atoms with van der Waals surface area (Å²) in [4.78, 5) is 0. The van der Waals surface area contributed by atoms with Crippen LogP contribution in [0.4, 0.5) is 0 Å². The third kappa shape index (κ3) is 8.99. The maximum absolute atomic E-state index is 5.20. The molecule has 180 valence electrons. The fraction of sp³-hybridized carbons (Fsp3) is 1.00. The van der Waals surface area contributed by atoms with Crippen molar-refractivity contribution < 1.29 is 0 Å². The van der Waals surface area contributed by atoms with Crippen molar-refractivity contribution >= 4 is 22.5 Å². The number of hydrazine groups is 6. The van der Waals surface area contributed by atoms with E-state index in [4.69, 9.17) is 13.5 Å². The zero-order valence-electron chi connectivity index (χ0n) is 20.4. The molecule has 0 aromatic carbocycles. The second kappa shape index (κ2) is 11.4. The van der Waals surface area contributed by atoms with E-state index in [0.717, 1.165) is 0 Å². The van der Waals surface area contributed by atoms with Gasteiger partial charge in [-0.05, 0) is 0 Å². The Hall–Kier alpha value is 0.210. The Bertz CT molecular complexity index is 560. The molecule has 0 fully saturated rings. The molecule has 0 radical (unpaired) electrons. The van der Waals surface area contributed by atoms with Gasteiger partial charge in [0.25, 0.3) is 0 Å². The van der Waals surface area contributed by atoms with Gasteiger partial charge in [-0.25, -0.2) is 30.1 Å². The van der Waals surface area contributed by atoms with Gasteiger partial charge in [0, 0.05) is 84.6 Å². The third-order valence-electron chi connectivity index (χ3n) is 2.81. The van der Waals surface area contributed by atoms with Crippen molar-refractivity contribution in [1.29, 1.82) is 0 Å². The number of rotatable bonds is 12. The predicted molar refractivity (Wildman–Crippen MR) is 129 cm³/mol. The highest BCUT2D eigenvalue weighted by molar-refractivity contribution is 7.83. The van der Waals surface area contributed by atoms with Crippen molar-refractivity contribution in [1.82, 2.24) is 61.2 Å². The molecule has 0 aliphatic carbocycles. The first-order valence-electron chi connectivity index (χ1n) is 9.25. The van der Waals surface area contributed by atoms with Gasteiger partial charge in [-0.3, -0.25) is 0 Å². The maximum Gasteiger partial charge on any atom is 0.243 e. The Morgan fingerprint density at radius 2 is 0.467 bits per heavy atom. The molecular formula is C12H42N15P3. The number of nitrogens with zero attached hydrogens (tertiary/aromatic N) is 9. The van der Waals surface area contributed by atoms with Gasteiger partial charge in [0.1, 0.15) is 0 Å². The summed E-state index contributed by atoms with van der Waals surface area (Å²) in [5.74, 6) is 0. The third-order valence-corrected chi connectivity index (χ3v) is 13.1. The summed E-state index contributed by atoms with van der Waals surface area (Å²) in [5.41, 5.74) is 0. The fourth-order valence-electron chi connectivity index (χ4n) is 2.60. The molecule has 30 heavy (non-hydrogen) atoms. The molecule has 0 aromatic rings. The smallest absolute Gasteiger partial charge is 0.243 e. The molecule has 6 N–H and O–H groups in total. The van der Waals surface area contributed by atoms with E-state index in [2.05, 4.69) is 31.2 Å². The minimum Gasteiger partial charge on any atom is -0.243 e. The SMILES string of the molecule is CN(C)NP1(NN(C)C)=NP(NN(C)C)(NN(C)C)=NP(NN(C)C)(NN(C)C)=N1. The molecule has 0 aromatic heterocycles. The summed E-state index contributed by atoms with van der Waals surface area (Å²) in [6, 6.07) is 0. The molecule has 1 heterocycles. The van der Waals surface area contributed by atoms with Gasteiger partial charge < -0.3 is 0 Å². The first-order chi connectivity index (χ1) is 13.6. The van der Waals surface area contributed by atoms with Crippen LogP contribution >= 0.6 is 22.5 Å². The second-order valence-electron chi connectivity index (χ2n) is 8.04. The number of hydrogen-bond acceptors (Lipinski definition) is 15. The molecule has 0 amide bonds. The van der Waals surface area contributed by atoms with E-state index in [1.807, 2.05) is 115 Å². The molecular weight excluding hydrogens is 447 g/mol. The van der Waals surface area contributed by atoms with Crippen molar-refractivity contribution in [3.05, 3.63) is 0 Å². The summed E-state index contributed by atoms with van der Waals surface area (Å²) >= 11 is 0. The molecule has 0 spiro atoms. The molecule has 1 aliphatic heterocycles.